The molecule has 2 rings (SSSR count). The molecule has 1 aliphatic rings. The number of nitrogens with one attached hydrogen (secondary N) is 1. The second kappa shape index (κ2) is 5.56. The number of anilines is 1. The zero-order valence-electron chi connectivity index (χ0n) is 13.3. The maximum Gasteiger partial charge on any atom is 0.0828 e. The number of nitrogens with zero attached hydrogens (tertiary/aromatic N) is 2. The van der Waals surface area contributed by atoms with Crippen LogP contribution in [0.3, 0.4) is 0 Å². The minimum atomic E-state index is 0.429. The van der Waals surface area contributed by atoms with Gasteiger partial charge in [0.1, 0.15) is 0 Å². The highest BCUT2D eigenvalue weighted by atomic mass is 15.3. The first-order chi connectivity index (χ1) is 8.88. The summed E-state index contributed by atoms with van der Waals surface area (Å²) in [6.45, 7) is 13.4. The molecule has 2 atom stereocenters. The lowest BCUT2D eigenvalue weighted by atomic mass is 9.80. The van der Waals surface area contributed by atoms with Crippen LogP contribution in [0.25, 0.3) is 0 Å². The number of hydrogen-bond acceptors (Lipinski definition) is 2. The number of rotatable bonds is 3. The van der Waals surface area contributed by atoms with Crippen LogP contribution in [-0.2, 0) is 0 Å². The Balaban J connectivity index is 2.15. The number of aromatic nitrogens is 2. The van der Waals surface area contributed by atoms with Gasteiger partial charge in [-0.1, -0.05) is 13.8 Å². The van der Waals surface area contributed by atoms with E-state index in [1.807, 2.05) is 0 Å². The van der Waals surface area contributed by atoms with Crippen molar-refractivity contribution in [3.05, 3.63) is 11.4 Å². The maximum atomic E-state index is 4.67. The van der Waals surface area contributed by atoms with Crippen molar-refractivity contribution in [1.82, 2.24) is 9.78 Å². The Kier molecular flexibility index (Phi) is 4.22. The van der Waals surface area contributed by atoms with Gasteiger partial charge in [-0.15, -0.1) is 0 Å². The average molecular weight is 263 g/mol. The summed E-state index contributed by atoms with van der Waals surface area (Å²) >= 11 is 0. The third kappa shape index (κ3) is 3.13. The molecule has 3 heteroatoms. The molecule has 3 nitrogen and oxygen atoms in total. The minimum absolute atomic E-state index is 0.429. The highest BCUT2D eigenvalue weighted by molar-refractivity contribution is 5.53. The smallest absolute Gasteiger partial charge is 0.0828 e. The number of aryl methyl sites for hydroxylation is 1. The molecule has 0 aliphatic heterocycles. The standard InChI is InChI=1S/C16H29N3/c1-10(2)19-14(6)16(13(5)18-19)17-15-8-11(3)7-12(4)9-15/h10-12,15,17H,7-9H2,1-6H3. The SMILES string of the molecule is Cc1nn(C(C)C)c(C)c1NC1CC(C)CC(C)C1. The van der Waals surface area contributed by atoms with Gasteiger partial charge in [-0.25, -0.2) is 0 Å². The fourth-order valence-corrected chi connectivity index (χ4v) is 3.64. The van der Waals surface area contributed by atoms with Crippen LogP contribution in [0, 0.1) is 25.7 Å². The molecule has 1 saturated carbocycles. The average Bonchev–Trinajstić information content (AvgIpc) is 2.56. The van der Waals surface area contributed by atoms with E-state index in [0.717, 1.165) is 17.5 Å². The Bertz CT molecular complexity index is 423. The van der Waals surface area contributed by atoms with Crippen molar-refractivity contribution < 1.29 is 0 Å². The van der Waals surface area contributed by atoms with Gasteiger partial charge in [0.25, 0.3) is 0 Å². The highest BCUT2D eigenvalue weighted by Crippen LogP contribution is 2.32. The zero-order chi connectivity index (χ0) is 14.2. The van der Waals surface area contributed by atoms with Crippen LogP contribution < -0.4 is 5.32 Å². The van der Waals surface area contributed by atoms with Crippen LogP contribution in [0.4, 0.5) is 5.69 Å². The van der Waals surface area contributed by atoms with Gasteiger partial charge < -0.3 is 5.32 Å². The molecule has 1 N–H and O–H groups in total. The van der Waals surface area contributed by atoms with Gasteiger partial charge in [-0.2, -0.15) is 5.10 Å². The molecule has 19 heavy (non-hydrogen) atoms. The van der Waals surface area contributed by atoms with E-state index in [4.69, 9.17) is 0 Å². The molecule has 0 spiro atoms. The van der Waals surface area contributed by atoms with Gasteiger partial charge in [0.2, 0.25) is 0 Å². The molecule has 0 bridgehead atoms. The fourth-order valence-electron chi connectivity index (χ4n) is 3.64. The Hall–Kier alpha value is -0.990. The monoisotopic (exact) mass is 263 g/mol. The van der Waals surface area contributed by atoms with E-state index in [9.17, 15) is 0 Å². The Morgan fingerprint density at radius 2 is 1.68 bits per heavy atom. The summed E-state index contributed by atoms with van der Waals surface area (Å²) in [7, 11) is 0. The molecular formula is C16H29N3. The Morgan fingerprint density at radius 3 is 2.16 bits per heavy atom. The van der Waals surface area contributed by atoms with Crippen LogP contribution in [0.15, 0.2) is 0 Å². The van der Waals surface area contributed by atoms with Gasteiger partial charge in [0.15, 0.2) is 0 Å². The molecule has 1 heterocycles. The summed E-state index contributed by atoms with van der Waals surface area (Å²) in [5.41, 5.74) is 3.68. The summed E-state index contributed by atoms with van der Waals surface area (Å²) in [5, 5.41) is 8.44. The molecule has 1 aromatic heterocycles. The topological polar surface area (TPSA) is 29.9 Å². The predicted octanol–water partition coefficient (Wildman–Crippen LogP) is 4.32. The number of hydrogen-bond donors (Lipinski definition) is 1. The summed E-state index contributed by atoms with van der Waals surface area (Å²) in [5.74, 6) is 1.67. The first-order valence-electron chi connectivity index (χ1n) is 7.70. The normalized spacial score (nSPS) is 27.8. The van der Waals surface area contributed by atoms with E-state index < -0.39 is 0 Å². The first kappa shape index (κ1) is 14.4. The Morgan fingerprint density at radius 1 is 1.11 bits per heavy atom. The quantitative estimate of drug-likeness (QED) is 0.880. The lowest BCUT2D eigenvalue weighted by Gasteiger charge is -2.32. The van der Waals surface area contributed by atoms with Gasteiger partial charge in [0.05, 0.1) is 17.1 Å². The molecule has 0 radical (unpaired) electrons. The van der Waals surface area contributed by atoms with Crippen molar-refractivity contribution in [2.75, 3.05) is 5.32 Å². The molecule has 0 saturated heterocycles. The second-order valence-electron chi connectivity index (χ2n) is 6.84. The van der Waals surface area contributed by atoms with Crippen LogP contribution in [0.5, 0.6) is 0 Å². The molecular weight excluding hydrogens is 234 g/mol. The van der Waals surface area contributed by atoms with Gasteiger partial charge in [-0.05, 0) is 58.8 Å². The molecule has 1 aromatic rings. The minimum Gasteiger partial charge on any atom is -0.379 e. The summed E-state index contributed by atoms with van der Waals surface area (Å²) in [4.78, 5) is 0. The van der Waals surface area contributed by atoms with E-state index in [1.54, 1.807) is 0 Å². The van der Waals surface area contributed by atoms with Crippen molar-refractivity contribution in [1.29, 1.82) is 0 Å². The lowest BCUT2D eigenvalue weighted by Crippen LogP contribution is -2.30. The van der Waals surface area contributed by atoms with E-state index in [1.165, 1.54) is 30.6 Å². The van der Waals surface area contributed by atoms with E-state index in [2.05, 4.69) is 56.6 Å². The van der Waals surface area contributed by atoms with Crippen molar-refractivity contribution in [2.24, 2.45) is 11.8 Å². The second-order valence-corrected chi connectivity index (χ2v) is 6.84. The Labute approximate surface area is 117 Å². The van der Waals surface area contributed by atoms with E-state index in [-0.39, 0.29) is 0 Å². The van der Waals surface area contributed by atoms with Crippen molar-refractivity contribution in [2.45, 2.75) is 72.9 Å². The molecule has 108 valence electrons. The summed E-state index contributed by atoms with van der Waals surface area (Å²) < 4.78 is 2.13. The van der Waals surface area contributed by atoms with Gasteiger partial charge >= 0.3 is 0 Å². The predicted molar refractivity (Wildman–Crippen MR) is 81.7 cm³/mol. The van der Waals surface area contributed by atoms with Gasteiger partial charge in [0, 0.05) is 12.1 Å². The summed E-state index contributed by atoms with van der Waals surface area (Å²) in [6.07, 6.45) is 3.95. The van der Waals surface area contributed by atoms with Crippen molar-refractivity contribution in [3.63, 3.8) is 0 Å². The van der Waals surface area contributed by atoms with Crippen LogP contribution in [0.1, 0.15) is 64.4 Å². The van der Waals surface area contributed by atoms with Crippen LogP contribution >= 0.6 is 0 Å². The highest BCUT2D eigenvalue weighted by Gasteiger charge is 2.25. The van der Waals surface area contributed by atoms with Crippen LogP contribution in [-0.4, -0.2) is 15.8 Å². The first-order valence-corrected chi connectivity index (χ1v) is 7.70. The molecule has 1 fully saturated rings. The van der Waals surface area contributed by atoms with E-state index in [0.29, 0.717) is 12.1 Å². The molecule has 2 unspecified atom stereocenters. The third-order valence-electron chi connectivity index (χ3n) is 4.34. The lowest BCUT2D eigenvalue weighted by molar-refractivity contribution is 0.280. The largest absolute Gasteiger partial charge is 0.379 e. The van der Waals surface area contributed by atoms with Crippen LogP contribution in [0.2, 0.25) is 0 Å². The molecule has 0 aromatic carbocycles. The molecule has 0 amide bonds. The fraction of sp³-hybridized carbons (Fsp3) is 0.812. The van der Waals surface area contributed by atoms with Crippen molar-refractivity contribution in [3.8, 4) is 0 Å². The third-order valence-corrected chi connectivity index (χ3v) is 4.34. The van der Waals surface area contributed by atoms with E-state index >= 15 is 0 Å². The maximum absolute atomic E-state index is 4.67. The zero-order valence-corrected chi connectivity index (χ0v) is 13.3. The molecule has 1 aliphatic carbocycles. The van der Waals surface area contributed by atoms with Gasteiger partial charge in [-0.3, -0.25) is 4.68 Å². The summed E-state index contributed by atoms with van der Waals surface area (Å²) in [6, 6.07) is 1.04. The van der Waals surface area contributed by atoms with Crippen molar-refractivity contribution >= 4 is 5.69 Å².